The number of carbonyl (C=O) groups excluding carboxylic acids is 1. The normalized spacial score (nSPS) is 10.9. The lowest BCUT2D eigenvalue weighted by Gasteiger charge is -1.99. The van der Waals surface area contributed by atoms with Crippen molar-refractivity contribution in [2.75, 3.05) is 7.11 Å². The molecule has 0 spiro atoms. The summed E-state index contributed by atoms with van der Waals surface area (Å²) in [6, 6.07) is 10.8. The maximum absolute atomic E-state index is 12.4. The highest BCUT2D eigenvalue weighted by molar-refractivity contribution is 7.17. The number of aryl methyl sites for hydroxylation is 1. The van der Waals surface area contributed by atoms with Crippen molar-refractivity contribution in [3.05, 3.63) is 63.8 Å². The fraction of sp³-hybridized carbons (Fsp3) is 0.111. The van der Waals surface area contributed by atoms with Gasteiger partial charge in [-0.25, -0.2) is 10.4 Å². The SMILES string of the molecule is COc1ccc(/C=N/NC(=O)c2sc(-c3ncccc3Cl)nc2C)cc1. The number of thiazole rings is 1. The van der Waals surface area contributed by atoms with Gasteiger partial charge in [0.2, 0.25) is 0 Å². The molecule has 26 heavy (non-hydrogen) atoms. The van der Waals surface area contributed by atoms with Crippen LogP contribution in [0.5, 0.6) is 5.75 Å². The highest BCUT2D eigenvalue weighted by Crippen LogP contribution is 2.30. The quantitative estimate of drug-likeness (QED) is 0.532. The van der Waals surface area contributed by atoms with E-state index < -0.39 is 0 Å². The number of hydrogen-bond acceptors (Lipinski definition) is 6. The van der Waals surface area contributed by atoms with Crippen LogP contribution in [0.1, 0.15) is 20.9 Å². The first kappa shape index (κ1) is 18.0. The van der Waals surface area contributed by atoms with E-state index in [1.807, 2.05) is 24.3 Å². The minimum absolute atomic E-state index is 0.330. The summed E-state index contributed by atoms with van der Waals surface area (Å²) in [5.74, 6) is 0.426. The minimum atomic E-state index is -0.330. The minimum Gasteiger partial charge on any atom is -0.497 e. The smallest absolute Gasteiger partial charge is 0.283 e. The molecule has 1 aromatic carbocycles. The number of methoxy groups -OCH3 is 1. The lowest BCUT2D eigenvalue weighted by molar-refractivity contribution is 0.0958. The molecule has 0 saturated carbocycles. The molecule has 0 atom stereocenters. The number of ether oxygens (including phenoxy) is 1. The molecule has 6 nitrogen and oxygen atoms in total. The molecule has 132 valence electrons. The summed E-state index contributed by atoms with van der Waals surface area (Å²) in [4.78, 5) is 21.4. The topological polar surface area (TPSA) is 76.5 Å². The largest absolute Gasteiger partial charge is 0.497 e. The van der Waals surface area contributed by atoms with Crippen molar-refractivity contribution in [2.24, 2.45) is 5.10 Å². The third-order valence-corrected chi connectivity index (χ3v) is 4.93. The van der Waals surface area contributed by atoms with Crippen LogP contribution in [0.2, 0.25) is 5.02 Å². The van der Waals surface area contributed by atoms with Gasteiger partial charge in [0.25, 0.3) is 5.91 Å². The molecule has 0 aliphatic heterocycles. The maximum Gasteiger partial charge on any atom is 0.283 e. The molecule has 0 aliphatic carbocycles. The van der Waals surface area contributed by atoms with Crippen molar-refractivity contribution in [3.63, 3.8) is 0 Å². The standard InChI is InChI=1S/C18H15ClN4O2S/c1-11-16(26-18(22-11)15-14(19)4-3-9-20-15)17(24)23-21-10-12-5-7-13(25-2)8-6-12/h3-10H,1-2H3,(H,23,24)/b21-10+. The molecule has 1 amide bonds. The fourth-order valence-corrected chi connectivity index (χ4v) is 3.39. The monoisotopic (exact) mass is 386 g/mol. The van der Waals surface area contributed by atoms with Gasteiger partial charge in [-0.3, -0.25) is 9.78 Å². The maximum atomic E-state index is 12.4. The third kappa shape index (κ3) is 4.07. The second-order valence-electron chi connectivity index (χ2n) is 5.24. The molecule has 0 fully saturated rings. The Morgan fingerprint density at radius 2 is 2.08 bits per heavy atom. The Bertz CT molecular complexity index is 954. The molecule has 3 aromatic rings. The number of benzene rings is 1. The van der Waals surface area contributed by atoms with E-state index in [4.69, 9.17) is 16.3 Å². The van der Waals surface area contributed by atoms with Gasteiger partial charge in [0.05, 0.1) is 24.0 Å². The predicted molar refractivity (Wildman–Crippen MR) is 103 cm³/mol. The van der Waals surface area contributed by atoms with Gasteiger partial charge in [-0.1, -0.05) is 11.6 Å². The average molecular weight is 387 g/mol. The van der Waals surface area contributed by atoms with Crippen LogP contribution in [0.3, 0.4) is 0 Å². The van der Waals surface area contributed by atoms with E-state index in [1.165, 1.54) is 11.3 Å². The van der Waals surface area contributed by atoms with Crippen LogP contribution in [0.15, 0.2) is 47.7 Å². The van der Waals surface area contributed by atoms with E-state index in [2.05, 4.69) is 20.5 Å². The van der Waals surface area contributed by atoms with Crippen LogP contribution < -0.4 is 10.2 Å². The van der Waals surface area contributed by atoms with Gasteiger partial charge in [0.15, 0.2) is 0 Å². The number of hydrazone groups is 1. The molecule has 1 N–H and O–H groups in total. The van der Waals surface area contributed by atoms with Crippen LogP contribution in [0.4, 0.5) is 0 Å². The third-order valence-electron chi connectivity index (χ3n) is 3.46. The first-order chi connectivity index (χ1) is 12.6. The first-order valence-electron chi connectivity index (χ1n) is 7.64. The Hall–Kier alpha value is -2.77. The van der Waals surface area contributed by atoms with Crippen LogP contribution in [0, 0.1) is 6.92 Å². The molecule has 0 aliphatic rings. The predicted octanol–water partition coefficient (Wildman–Crippen LogP) is 3.94. The lowest BCUT2D eigenvalue weighted by Crippen LogP contribution is -2.17. The fourth-order valence-electron chi connectivity index (χ4n) is 2.16. The summed E-state index contributed by atoms with van der Waals surface area (Å²) in [5, 5.41) is 5.07. The van der Waals surface area contributed by atoms with Crippen LogP contribution in [-0.4, -0.2) is 29.2 Å². The van der Waals surface area contributed by atoms with E-state index in [1.54, 1.807) is 38.6 Å². The Balaban J connectivity index is 1.72. The molecule has 3 rings (SSSR count). The second-order valence-corrected chi connectivity index (χ2v) is 6.65. The highest BCUT2D eigenvalue weighted by Gasteiger charge is 2.17. The number of nitrogens with zero attached hydrogens (tertiary/aromatic N) is 3. The molecule has 0 saturated heterocycles. The Morgan fingerprint density at radius 3 is 2.77 bits per heavy atom. The number of carbonyl (C=O) groups is 1. The van der Waals surface area contributed by atoms with Crippen molar-refractivity contribution in [1.82, 2.24) is 15.4 Å². The summed E-state index contributed by atoms with van der Waals surface area (Å²) in [6.07, 6.45) is 3.20. The van der Waals surface area contributed by atoms with Crippen LogP contribution in [-0.2, 0) is 0 Å². The summed E-state index contributed by atoms with van der Waals surface area (Å²) >= 11 is 7.37. The van der Waals surface area contributed by atoms with Crippen molar-refractivity contribution < 1.29 is 9.53 Å². The van der Waals surface area contributed by atoms with Crippen molar-refractivity contribution in [1.29, 1.82) is 0 Å². The van der Waals surface area contributed by atoms with Gasteiger partial charge in [0.1, 0.15) is 21.3 Å². The lowest BCUT2D eigenvalue weighted by atomic mass is 10.2. The summed E-state index contributed by atoms with van der Waals surface area (Å²) in [7, 11) is 1.60. The zero-order valence-corrected chi connectivity index (χ0v) is 15.6. The molecule has 2 aromatic heterocycles. The second kappa shape index (κ2) is 8.07. The highest BCUT2D eigenvalue weighted by atomic mass is 35.5. The van der Waals surface area contributed by atoms with Crippen molar-refractivity contribution >= 4 is 35.1 Å². The van der Waals surface area contributed by atoms with Crippen LogP contribution >= 0.6 is 22.9 Å². The molecule has 0 unspecified atom stereocenters. The summed E-state index contributed by atoms with van der Waals surface area (Å²) < 4.78 is 5.10. The number of rotatable bonds is 5. The van der Waals surface area contributed by atoms with E-state index in [0.29, 0.717) is 26.3 Å². The van der Waals surface area contributed by atoms with E-state index >= 15 is 0 Å². The molecular weight excluding hydrogens is 372 g/mol. The van der Waals surface area contributed by atoms with Gasteiger partial charge < -0.3 is 4.74 Å². The van der Waals surface area contributed by atoms with Gasteiger partial charge >= 0.3 is 0 Å². The number of hydrogen-bond donors (Lipinski definition) is 1. The van der Waals surface area contributed by atoms with Gasteiger partial charge in [0, 0.05) is 6.20 Å². The van der Waals surface area contributed by atoms with E-state index in [-0.39, 0.29) is 5.91 Å². The number of aromatic nitrogens is 2. The number of pyridine rings is 1. The molecule has 0 bridgehead atoms. The van der Waals surface area contributed by atoms with E-state index in [9.17, 15) is 4.79 Å². The van der Waals surface area contributed by atoms with E-state index in [0.717, 1.165) is 11.3 Å². The molecule has 0 radical (unpaired) electrons. The molecular formula is C18H15ClN4O2S. The van der Waals surface area contributed by atoms with Crippen LogP contribution in [0.25, 0.3) is 10.7 Å². The van der Waals surface area contributed by atoms with Gasteiger partial charge in [-0.15, -0.1) is 11.3 Å². The van der Waals surface area contributed by atoms with Gasteiger partial charge in [-0.05, 0) is 48.9 Å². The first-order valence-corrected chi connectivity index (χ1v) is 8.83. The van der Waals surface area contributed by atoms with Crippen molar-refractivity contribution in [3.8, 4) is 16.5 Å². The Kier molecular flexibility index (Phi) is 5.60. The zero-order chi connectivity index (χ0) is 18.5. The average Bonchev–Trinajstić information content (AvgIpc) is 3.04. The zero-order valence-electron chi connectivity index (χ0n) is 14.1. The summed E-state index contributed by atoms with van der Waals surface area (Å²) in [6.45, 7) is 1.76. The number of amides is 1. The van der Waals surface area contributed by atoms with Gasteiger partial charge in [-0.2, -0.15) is 5.10 Å². The molecule has 8 heteroatoms. The van der Waals surface area contributed by atoms with Crippen molar-refractivity contribution in [2.45, 2.75) is 6.92 Å². The summed E-state index contributed by atoms with van der Waals surface area (Å²) in [5.41, 5.74) is 4.51. The Labute approximate surface area is 159 Å². The molecule has 2 heterocycles. The number of nitrogens with one attached hydrogen (secondary N) is 1. The Morgan fingerprint density at radius 1 is 1.31 bits per heavy atom. The number of halogens is 1.